The Bertz CT molecular complexity index is 439. The molecule has 0 spiro atoms. The van der Waals surface area contributed by atoms with Crippen LogP contribution in [-0.2, 0) is 10.3 Å². The van der Waals surface area contributed by atoms with Crippen molar-refractivity contribution in [3.8, 4) is 5.75 Å². The van der Waals surface area contributed by atoms with Gasteiger partial charge in [-0.25, -0.2) is 13.6 Å². The van der Waals surface area contributed by atoms with E-state index in [4.69, 9.17) is 5.11 Å². The van der Waals surface area contributed by atoms with E-state index < -0.39 is 22.9 Å². The molecule has 1 aliphatic rings. The van der Waals surface area contributed by atoms with Gasteiger partial charge in [-0.2, -0.15) is 4.99 Å². The van der Waals surface area contributed by atoms with E-state index in [1.54, 1.807) is 0 Å². The normalized spacial score (nSPS) is 16.9. The van der Waals surface area contributed by atoms with Crippen molar-refractivity contribution in [2.45, 2.75) is 18.4 Å². The molecule has 1 N–H and O–H groups in total. The van der Waals surface area contributed by atoms with E-state index in [1.807, 2.05) is 0 Å². The van der Waals surface area contributed by atoms with Crippen molar-refractivity contribution >= 4 is 6.08 Å². The molecule has 0 amide bonds. The van der Waals surface area contributed by atoms with E-state index in [0.717, 1.165) is 12.1 Å². The fourth-order valence-corrected chi connectivity index (χ4v) is 1.50. The number of carbonyl (C=O) groups excluding carboxylic acids is 1. The summed E-state index contributed by atoms with van der Waals surface area (Å²) in [5.41, 5.74) is -0.560. The second kappa shape index (κ2) is 3.14. The molecule has 2 rings (SSSR count). The van der Waals surface area contributed by atoms with E-state index in [0.29, 0.717) is 12.8 Å². The highest BCUT2D eigenvalue weighted by molar-refractivity contribution is 5.43. The summed E-state index contributed by atoms with van der Waals surface area (Å²) in [5.74, 6) is -3.10. The van der Waals surface area contributed by atoms with Crippen molar-refractivity contribution in [2.75, 3.05) is 0 Å². The molecule has 78 valence electrons. The van der Waals surface area contributed by atoms with Gasteiger partial charge in [-0.1, -0.05) is 0 Å². The third kappa shape index (κ3) is 1.51. The van der Waals surface area contributed by atoms with Gasteiger partial charge in [0, 0.05) is 0 Å². The van der Waals surface area contributed by atoms with Crippen LogP contribution in [0.5, 0.6) is 5.75 Å². The molecule has 1 saturated carbocycles. The molecule has 15 heavy (non-hydrogen) atoms. The summed E-state index contributed by atoms with van der Waals surface area (Å²) in [5, 5.41) is 8.89. The third-order valence-electron chi connectivity index (χ3n) is 2.54. The van der Waals surface area contributed by atoms with Gasteiger partial charge in [-0.15, -0.1) is 0 Å². The number of phenolic OH excluding ortho intramolecular Hbond substituents is 1. The maximum absolute atomic E-state index is 13.0. The molecule has 3 nitrogen and oxygen atoms in total. The van der Waals surface area contributed by atoms with Gasteiger partial charge in [0.1, 0.15) is 0 Å². The first-order chi connectivity index (χ1) is 7.09. The van der Waals surface area contributed by atoms with Crippen LogP contribution in [0.2, 0.25) is 0 Å². The Morgan fingerprint density at radius 3 is 2.27 bits per heavy atom. The zero-order valence-corrected chi connectivity index (χ0v) is 7.63. The Balaban J connectivity index is 2.51. The minimum absolute atomic E-state index is 0.263. The molecule has 1 aromatic carbocycles. The molecule has 0 aliphatic heterocycles. The number of halogens is 2. The van der Waals surface area contributed by atoms with Crippen molar-refractivity contribution in [3.63, 3.8) is 0 Å². The highest BCUT2D eigenvalue weighted by Crippen LogP contribution is 2.50. The summed E-state index contributed by atoms with van der Waals surface area (Å²) in [4.78, 5) is 13.7. The van der Waals surface area contributed by atoms with Gasteiger partial charge in [0.25, 0.3) is 0 Å². The second-order valence-corrected chi connectivity index (χ2v) is 3.52. The van der Waals surface area contributed by atoms with Crippen LogP contribution >= 0.6 is 0 Å². The Hall–Kier alpha value is -1.74. The van der Waals surface area contributed by atoms with Gasteiger partial charge in [0.2, 0.25) is 6.08 Å². The molecule has 0 heterocycles. The van der Waals surface area contributed by atoms with Crippen LogP contribution in [0.3, 0.4) is 0 Å². The molecule has 0 radical (unpaired) electrons. The van der Waals surface area contributed by atoms with Gasteiger partial charge in [-0.3, -0.25) is 0 Å². The van der Waals surface area contributed by atoms with E-state index in [1.165, 1.54) is 6.08 Å². The first kappa shape index (κ1) is 9.80. The largest absolute Gasteiger partial charge is 0.503 e. The topological polar surface area (TPSA) is 49.7 Å². The van der Waals surface area contributed by atoms with E-state index in [-0.39, 0.29) is 5.56 Å². The summed E-state index contributed by atoms with van der Waals surface area (Å²) in [6.45, 7) is 0. The van der Waals surface area contributed by atoms with Crippen molar-refractivity contribution in [1.82, 2.24) is 0 Å². The average molecular weight is 211 g/mol. The van der Waals surface area contributed by atoms with Crippen LogP contribution in [-0.4, -0.2) is 11.2 Å². The van der Waals surface area contributed by atoms with E-state index in [2.05, 4.69) is 4.99 Å². The summed E-state index contributed by atoms with van der Waals surface area (Å²) in [6.07, 6.45) is 2.51. The summed E-state index contributed by atoms with van der Waals surface area (Å²) >= 11 is 0. The SMILES string of the molecule is O=C=NC1(c2cc(F)c(O)c(F)c2)CC1. The lowest BCUT2D eigenvalue weighted by Crippen LogP contribution is -2.03. The van der Waals surface area contributed by atoms with Gasteiger partial charge in [0.05, 0.1) is 5.54 Å². The van der Waals surface area contributed by atoms with Crippen LogP contribution in [0.15, 0.2) is 17.1 Å². The molecule has 1 fully saturated rings. The van der Waals surface area contributed by atoms with Crippen LogP contribution in [0.1, 0.15) is 18.4 Å². The monoisotopic (exact) mass is 211 g/mol. The molecular formula is C10H7F2NO2. The minimum Gasteiger partial charge on any atom is -0.503 e. The molecule has 0 aromatic heterocycles. The Morgan fingerprint density at radius 1 is 1.33 bits per heavy atom. The molecular weight excluding hydrogens is 204 g/mol. The summed E-state index contributed by atoms with van der Waals surface area (Å²) in [6, 6.07) is 1.98. The number of benzene rings is 1. The zero-order valence-electron chi connectivity index (χ0n) is 7.63. The Kier molecular flexibility index (Phi) is 2.05. The second-order valence-electron chi connectivity index (χ2n) is 3.52. The van der Waals surface area contributed by atoms with Crippen molar-refractivity contribution < 1.29 is 18.7 Å². The predicted octanol–water partition coefficient (Wildman–Crippen LogP) is 2.00. The first-order valence-corrected chi connectivity index (χ1v) is 4.36. The number of hydrogen-bond acceptors (Lipinski definition) is 3. The van der Waals surface area contributed by atoms with Crippen LogP contribution in [0.4, 0.5) is 8.78 Å². The molecule has 1 aromatic rings. The number of phenols is 1. The Labute approximate surface area is 84.1 Å². The number of hydrogen-bond donors (Lipinski definition) is 1. The fraction of sp³-hybridized carbons (Fsp3) is 0.300. The summed E-state index contributed by atoms with van der Waals surface area (Å²) in [7, 11) is 0. The quantitative estimate of drug-likeness (QED) is 0.600. The first-order valence-electron chi connectivity index (χ1n) is 4.36. The Morgan fingerprint density at radius 2 is 1.87 bits per heavy atom. The van der Waals surface area contributed by atoms with Gasteiger partial charge < -0.3 is 5.11 Å². The lowest BCUT2D eigenvalue weighted by Gasteiger charge is -2.09. The number of isocyanates is 1. The molecule has 1 aliphatic carbocycles. The lowest BCUT2D eigenvalue weighted by atomic mass is 10.0. The van der Waals surface area contributed by atoms with E-state index >= 15 is 0 Å². The molecule has 0 unspecified atom stereocenters. The highest BCUT2D eigenvalue weighted by Gasteiger charge is 2.45. The van der Waals surface area contributed by atoms with Crippen LogP contribution < -0.4 is 0 Å². The van der Waals surface area contributed by atoms with Crippen molar-refractivity contribution in [1.29, 1.82) is 0 Å². The average Bonchev–Trinajstić information content (AvgIpc) is 2.95. The maximum Gasteiger partial charge on any atom is 0.235 e. The third-order valence-corrected chi connectivity index (χ3v) is 2.54. The maximum atomic E-state index is 13.0. The molecule has 0 atom stereocenters. The fourth-order valence-electron chi connectivity index (χ4n) is 1.50. The smallest absolute Gasteiger partial charge is 0.235 e. The van der Waals surface area contributed by atoms with Gasteiger partial charge in [-0.05, 0) is 30.5 Å². The number of aliphatic imine (C=N–C) groups is 1. The van der Waals surface area contributed by atoms with Gasteiger partial charge in [0.15, 0.2) is 17.4 Å². The van der Waals surface area contributed by atoms with Crippen molar-refractivity contribution in [2.24, 2.45) is 4.99 Å². The lowest BCUT2D eigenvalue weighted by molar-refractivity contribution is 0.394. The number of rotatable bonds is 2. The van der Waals surface area contributed by atoms with Crippen LogP contribution in [0.25, 0.3) is 0 Å². The van der Waals surface area contributed by atoms with E-state index in [9.17, 15) is 13.6 Å². The summed E-state index contributed by atoms with van der Waals surface area (Å²) < 4.78 is 26.0. The minimum atomic E-state index is -1.04. The molecule has 0 bridgehead atoms. The van der Waals surface area contributed by atoms with Crippen molar-refractivity contribution in [3.05, 3.63) is 29.3 Å². The molecule has 5 heteroatoms. The van der Waals surface area contributed by atoms with Gasteiger partial charge >= 0.3 is 0 Å². The number of aromatic hydroxyl groups is 1. The zero-order chi connectivity index (χ0) is 11.1. The molecule has 0 saturated heterocycles. The van der Waals surface area contributed by atoms with Crippen LogP contribution in [0, 0.1) is 11.6 Å². The highest BCUT2D eigenvalue weighted by atomic mass is 19.1. The standard InChI is InChI=1S/C10H7F2NO2/c11-7-3-6(4-8(12)9(7)15)10(1-2-10)13-5-14/h3-4,15H,1-2H2. The predicted molar refractivity (Wildman–Crippen MR) is 47.1 cm³/mol. The number of nitrogens with zero attached hydrogens (tertiary/aromatic N) is 1.